The lowest BCUT2D eigenvalue weighted by atomic mass is 9.90. The van der Waals surface area contributed by atoms with Gasteiger partial charge in [0.2, 0.25) is 0 Å². The van der Waals surface area contributed by atoms with Crippen LogP contribution in [0.25, 0.3) is 0 Å². The van der Waals surface area contributed by atoms with E-state index in [1.807, 2.05) is 20.9 Å². The molecule has 0 aliphatic heterocycles. The van der Waals surface area contributed by atoms with Crippen molar-refractivity contribution in [3.63, 3.8) is 0 Å². The summed E-state index contributed by atoms with van der Waals surface area (Å²) in [4.78, 5) is 0. The molecule has 68 valence electrons. The lowest BCUT2D eigenvalue weighted by molar-refractivity contribution is 0.211. The first-order chi connectivity index (χ1) is 5.47. The van der Waals surface area contributed by atoms with Crippen molar-refractivity contribution in [2.75, 3.05) is 12.3 Å². The van der Waals surface area contributed by atoms with Crippen LogP contribution in [0.4, 0.5) is 5.82 Å². The summed E-state index contributed by atoms with van der Waals surface area (Å²) in [6.07, 6.45) is 0. The highest BCUT2D eigenvalue weighted by molar-refractivity contribution is 5.32. The van der Waals surface area contributed by atoms with Crippen LogP contribution in [0.15, 0.2) is 6.07 Å². The van der Waals surface area contributed by atoms with Crippen molar-refractivity contribution in [3.05, 3.63) is 11.8 Å². The van der Waals surface area contributed by atoms with Gasteiger partial charge in [-0.2, -0.15) is 5.10 Å². The van der Waals surface area contributed by atoms with Crippen molar-refractivity contribution in [2.24, 2.45) is 7.05 Å². The smallest absolute Gasteiger partial charge is 0.145 e. The largest absolute Gasteiger partial charge is 0.395 e. The maximum atomic E-state index is 9.10. The molecule has 12 heavy (non-hydrogen) atoms. The molecule has 4 nitrogen and oxygen atoms in total. The van der Waals surface area contributed by atoms with E-state index in [0.717, 1.165) is 5.69 Å². The molecule has 0 unspecified atom stereocenters. The van der Waals surface area contributed by atoms with E-state index in [9.17, 15) is 0 Å². The zero-order chi connectivity index (χ0) is 9.35. The highest BCUT2D eigenvalue weighted by atomic mass is 16.3. The molecule has 0 atom stereocenters. The first-order valence-electron chi connectivity index (χ1n) is 3.88. The van der Waals surface area contributed by atoms with E-state index in [-0.39, 0.29) is 12.0 Å². The van der Waals surface area contributed by atoms with Crippen molar-refractivity contribution in [2.45, 2.75) is 19.3 Å². The van der Waals surface area contributed by atoms with Gasteiger partial charge in [0, 0.05) is 24.2 Å². The van der Waals surface area contributed by atoms with Gasteiger partial charge in [-0.1, -0.05) is 13.8 Å². The van der Waals surface area contributed by atoms with Gasteiger partial charge in [-0.05, 0) is 0 Å². The van der Waals surface area contributed by atoms with Gasteiger partial charge in [0.05, 0.1) is 6.61 Å². The van der Waals surface area contributed by atoms with E-state index < -0.39 is 0 Å². The summed E-state index contributed by atoms with van der Waals surface area (Å²) in [5.41, 5.74) is 6.19. The molecule has 1 aromatic rings. The van der Waals surface area contributed by atoms with E-state index in [1.165, 1.54) is 0 Å². The summed E-state index contributed by atoms with van der Waals surface area (Å²) >= 11 is 0. The molecule has 0 aliphatic rings. The van der Waals surface area contributed by atoms with Crippen LogP contribution in [-0.4, -0.2) is 21.5 Å². The predicted octanol–water partition coefficient (Wildman–Crippen LogP) is 0.272. The van der Waals surface area contributed by atoms with Crippen LogP contribution in [-0.2, 0) is 12.5 Å². The van der Waals surface area contributed by atoms with E-state index in [2.05, 4.69) is 5.10 Å². The molecule has 0 saturated carbocycles. The number of nitrogen functional groups attached to an aromatic ring is 1. The van der Waals surface area contributed by atoms with Crippen molar-refractivity contribution in [1.82, 2.24) is 9.78 Å². The minimum absolute atomic E-state index is 0.0893. The molecule has 0 fully saturated rings. The van der Waals surface area contributed by atoms with E-state index in [1.54, 1.807) is 10.7 Å². The normalized spacial score (nSPS) is 12.0. The fourth-order valence-electron chi connectivity index (χ4n) is 1.20. The standard InChI is InChI=1S/C8H15N3O/c1-8(2,5-12)6-4-7(9)10-11(6)3/h4,12H,5H2,1-3H3,(H2,9,10). The first kappa shape index (κ1) is 9.06. The fraction of sp³-hybridized carbons (Fsp3) is 0.625. The van der Waals surface area contributed by atoms with Crippen LogP contribution >= 0.6 is 0 Å². The lowest BCUT2D eigenvalue weighted by Crippen LogP contribution is -2.25. The third-order valence-electron chi connectivity index (χ3n) is 1.99. The SMILES string of the molecule is Cn1nc(N)cc1C(C)(C)CO. The summed E-state index contributed by atoms with van der Waals surface area (Å²) in [5, 5.41) is 13.1. The Morgan fingerprint density at radius 1 is 1.67 bits per heavy atom. The fourth-order valence-corrected chi connectivity index (χ4v) is 1.20. The Morgan fingerprint density at radius 3 is 2.58 bits per heavy atom. The molecule has 4 heteroatoms. The highest BCUT2D eigenvalue weighted by Crippen LogP contribution is 2.22. The second kappa shape index (κ2) is 2.79. The lowest BCUT2D eigenvalue weighted by Gasteiger charge is -2.21. The van der Waals surface area contributed by atoms with Gasteiger partial charge in [-0.25, -0.2) is 0 Å². The summed E-state index contributed by atoms with van der Waals surface area (Å²) in [6, 6.07) is 1.79. The summed E-state index contributed by atoms with van der Waals surface area (Å²) in [6.45, 7) is 3.98. The van der Waals surface area contributed by atoms with Crippen LogP contribution in [0.1, 0.15) is 19.5 Å². The zero-order valence-electron chi connectivity index (χ0n) is 7.70. The van der Waals surface area contributed by atoms with Crippen molar-refractivity contribution in [1.29, 1.82) is 0 Å². The molecule has 0 saturated heterocycles. The molecule has 0 bridgehead atoms. The number of anilines is 1. The van der Waals surface area contributed by atoms with Gasteiger partial charge in [0.25, 0.3) is 0 Å². The number of aliphatic hydroxyl groups excluding tert-OH is 1. The molecular weight excluding hydrogens is 154 g/mol. The second-order valence-corrected chi connectivity index (χ2v) is 3.62. The molecule has 0 amide bonds. The predicted molar refractivity (Wildman–Crippen MR) is 47.7 cm³/mol. The maximum Gasteiger partial charge on any atom is 0.145 e. The van der Waals surface area contributed by atoms with Crippen LogP contribution in [0.5, 0.6) is 0 Å². The van der Waals surface area contributed by atoms with Crippen LogP contribution in [0.2, 0.25) is 0 Å². The number of aliphatic hydroxyl groups is 1. The van der Waals surface area contributed by atoms with Gasteiger partial charge < -0.3 is 10.8 Å². The third-order valence-corrected chi connectivity index (χ3v) is 1.99. The quantitative estimate of drug-likeness (QED) is 0.668. The van der Waals surface area contributed by atoms with Crippen LogP contribution < -0.4 is 5.73 Å². The molecule has 1 rings (SSSR count). The van der Waals surface area contributed by atoms with E-state index in [4.69, 9.17) is 10.8 Å². The Kier molecular flexibility index (Phi) is 2.10. The average Bonchev–Trinajstić information content (AvgIpc) is 2.31. The molecular formula is C8H15N3O. The Balaban J connectivity index is 3.09. The second-order valence-electron chi connectivity index (χ2n) is 3.62. The number of nitrogens with two attached hydrogens (primary N) is 1. The third kappa shape index (κ3) is 1.43. The molecule has 0 aliphatic carbocycles. The minimum Gasteiger partial charge on any atom is -0.395 e. The number of aromatic nitrogens is 2. The Hall–Kier alpha value is -1.03. The zero-order valence-corrected chi connectivity index (χ0v) is 7.70. The summed E-state index contributed by atoms with van der Waals surface area (Å²) < 4.78 is 1.70. The molecule has 0 aromatic carbocycles. The van der Waals surface area contributed by atoms with Gasteiger partial charge in [-0.15, -0.1) is 0 Å². The van der Waals surface area contributed by atoms with Crippen LogP contribution in [0.3, 0.4) is 0 Å². The first-order valence-corrected chi connectivity index (χ1v) is 3.88. The molecule has 3 N–H and O–H groups in total. The van der Waals surface area contributed by atoms with Crippen LogP contribution in [0, 0.1) is 0 Å². The Bertz CT molecular complexity index is 278. The topological polar surface area (TPSA) is 64.1 Å². The van der Waals surface area contributed by atoms with Crippen molar-refractivity contribution < 1.29 is 5.11 Å². The molecule has 1 aromatic heterocycles. The average molecular weight is 169 g/mol. The highest BCUT2D eigenvalue weighted by Gasteiger charge is 2.23. The van der Waals surface area contributed by atoms with Gasteiger partial charge in [0.15, 0.2) is 0 Å². The van der Waals surface area contributed by atoms with Gasteiger partial charge >= 0.3 is 0 Å². The number of nitrogens with zero attached hydrogens (tertiary/aromatic N) is 2. The molecule has 0 radical (unpaired) electrons. The number of rotatable bonds is 2. The van der Waals surface area contributed by atoms with Gasteiger partial charge in [0.1, 0.15) is 5.82 Å². The Labute approximate surface area is 72.0 Å². The summed E-state index contributed by atoms with van der Waals surface area (Å²) in [7, 11) is 1.82. The molecule has 1 heterocycles. The van der Waals surface area contributed by atoms with Crippen molar-refractivity contribution >= 4 is 5.82 Å². The number of hydrogen-bond acceptors (Lipinski definition) is 3. The number of aryl methyl sites for hydroxylation is 1. The number of hydrogen-bond donors (Lipinski definition) is 2. The minimum atomic E-state index is -0.278. The Morgan fingerprint density at radius 2 is 2.25 bits per heavy atom. The monoisotopic (exact) mass is 169 g/mol. The van der Waals surface area contributed by atoms with E-state index >= 15 is 0 Å². The van der Waals surface area contributed by atoms with Crippen molar-refractivity contribution in [3.8, 4) is 0 Å². The maximum absolute atomic E-state index is 9.10. The van der Waals surface area contributed by atoms with E-state index in [0.29, 0.717) is 5.82 Å². The van der Waals surface area contributed by atoms with Gasteiger partial charge in [-0.3, -0.25) is 4.68 Å². The summed E-state index contributed by atoms with van der Waals surface area (Å²) in [5.74, 6) is 0.494. The molecule has 0 spiro atoms.